The Kier molecular flexibility index (Phi) is 41.7. The van der Waals surface area contributed by atoms with Crippen molar-refractivity contribution in [3.05, 3.63) is 241 Å². The lowest BCUT2D eigenvalue weighted by Crippen LogP contribution is -2.49. The monoisotopic (exact) mass is 1940 g/mol. The van der Waals surface area contributed by atoms with E-state index in [0.29, 0.717) is 47.7 Å². The lowest BCUT2D eigenvalue weighted by molar-refractivity contribution is -0.208. The van der Waals surface area contributed by atoms with Crippen molar-refractivity contribution in [1.29, 1.82) is 0 Å². The van der Waals surface area contributed by atoms with Gasteiger partial charge < -0.3 is 45.4 Å². The number of piperidine rings is 7. The van der Waals surface area contributed by atoms with Crippen LogP contribution in [-0.4, -0.2) is 168 Å². The highest BCUT2D eigenvalue weighted by molar-refractivity contribution is 5.44. The van der Waals surface area contributed by atoms with E-state index in [1.54, 1.807) is 23.6 Å². The molecule has 15 rings (SSSR count). The number of hydrogen-bond acceptors (Lipinski definition) is 9. The number of alkyl halides is 9. The number of aliphatic hydroxyl groups excluding tert-OH is 1. The fourth-order valence-electron chi connectivity index (χ4n) is 21.4. The van der Waals surface area contributed by atoms with Crippen LogP contribution in [0.2, 0.25) is 0 Å². The van der Waals surface area contributed by atoms with Gasteiger partial charge in [-0.2, -0.15) is 39.5 Å². The number of aliphatic hydroxyl groups is 1. The average Bonchev–Trinajstić information content (AvgIpc) is 0.861. The number of rotatable bonds is 12. The molecule has 7 aromatic rings. The summed E-state index contributed by atoms with van der Waals surface area (Å²) in [5.41, 5.74) is 18.9. The van der Waals surface area contributed by atoms with E-state index < -0.39 is 36.6 Å². The highest BCUT2D eigenvalue weighted by atomic mass is 19.4. The minimum Gasteiger partial charge on any atom is -0.496 e. The Hall–Kier alpha value is -6.61. The molecule has 4 unspecified atom stereocenters. The van der Waals surface area contributed by atoms with Crippen LogP contribution in [-0.2, 0) is 44.1 Å². The minimum atomic E-state index is -4.53. The van der Waals surface area contributed by atoms with Crippen LogP contribution in [0.15, 0.2) is 158 Å². The number of nitrogens with zero attached hydrogens (tertiary/aromatic N) is 4. The van der Waals surface area contributed by atoms with Crippen molar-refractivity contribution in [2.45, 2.75) is 391 Å². The number of benzene rings is 7. The second-order valence-electron chi connectivity index (χ2n) is 49.8. The van der Waals surface area contributed by atoms with Crippen LogP contribution in [0.5, 0.6) is 5.75 Å². The highest BCUT2D eigenvalue weighted by Gasteiger charge is 2.42. The Labute approximate surface area is 836 Å². The topological polar surface area (TPSA) is 78.5 Å². The quantitative estimate of drug-likeness (QED) is 0.0895. The third kappa shape index (κ3) is 36.2. The number of methoxy groups -OCH3 is 1. The summed E-state index contributed by atoms with van der Waals surface area (Å²) < 4.78 is 120. The van der Waals surface area contributed by atoms with Crippen molar-refractivity contribution in [3.8, 4) is 5.75 Å². The summed E-state index contributed by atoms with van der Waals surface area (Å²) in [6, 6.07) is 58.8. The number of fused-ring (bicyclic) bond motifs is 2. The molecule has 2 bridgehead atoms. The van der Waals surface area contributed by atoms with Crippen LogP contribution in [0.25, 0.3) is 0 Å². The van der Waals surface area contributed by atoms with Crippen LogP contribution in [0.1, 0.15) is 400 Å². The van der Waals surface area contributed by atoms with Crippen LogP contribution in [0, 0.1) is 5.41 Å². The average molecular weight is 1940 g/mol. The van der Waals surface area contributed by atoms with Gasteiger partial charge in [0.25, 0.3) is 0 Å². The molecule has 4 N–H and O–H groups in total. The van der Waals surface area contributed by atoms with E-state index in [4.69, 9.17) is 9.84 Å². The first-order chi connectivity index (χ1) is 64.7. The van der Waals surface area contributed by atoms with Gasteiger partial charge in [0.2, 0.25) is 0 Å². The van der Waals surface area contributed by atoms with Gasteiger partial charge in [-0.05, 0) is 364 Å². The summed E-state index contributed by atoms with van der Waals surface area (Å²) in [6.07, 6.45) is 3.97. The van der Waals surface area contributed by atoms with E-state index in [-0.39, 0.29) is 56.9 Å². The molecule has 8 heterocycles. The van der Waals surface area contributed by atoms with Crippen LogP contribution >= 0.6 is 0 Å². The summed E-state index contributed by atoms with van der Waals surface area (Å²) in [5, 5.41) is 19.6. The number of β-amino-alcohol motifs (C(OH)–C–C–N with tert-alkyl or cyclic N) is 1. The van der Waals surface area contributed by atoms with Crippen LogP contribution < -0.4 is 20.7 Å². The first-order valence-electron chi connectivity index (χ1n) is 52.9. The summed E-state index contributed by atoms with van der Waals surface area (Å²) in [5.74, 6) is 4.85. The Bertz CT molecular complexity index is 4730. The molecule has 8 fully saturated rings. The van der Waals surface area contributed by atoms with E-state index in [1.807, 2.05) is 38.8 Å². The van der Waals surface area contributed by atoms with Gasteiger partial charge in [0.15, 0.2) is 6.10 Å². The second kappa shape index (κ2) is 50.0. The Morgan fingerprint density at radius 1 is 0.360 bits per heavy atom. The van der Waals surface area contributed by atoms with E-state index in [9.17, 15) is 39.5 Å². The Morgan fingerprint density at radius 3 is 1.08 bits per heavy atom. The number of ether oxygens (including phenoxy) is 1. The summed E-state index contributed by atoms with van der Waals surface area (Å²) in [4.78, 5) is 8.47. The largest absolute Gasteiger partial charge is 0.496 e. The molecule has 8 aliphatic heterocycles. The highest BCUT2D eigenvalue weighted by Crippen LogP contribution is 2.47. The SMILES string of the molecule is CC(C)(C)c1ccc(C2CCCNCC2)cc1.CC(C)(C)c1ccc(C2CCN(CC(O)C(F)(F)F)CC2)cc1.CC(C)(C)c1ccc(C2CCN(CCC(F)(F)F)CC2)cc1.CC(C)(C)c1ccc(C2CCNCC2(C)C)cc1.CN1CCC(c2ccc(C(C)(C)C)cc2C(F)(F)F)CC1.CN1[C@@H]2CCC[C@H]1CC(c1ccc(C(C)(C)C)cc1)C2.COc1cc(C(C)(C)C)ccc1C1CCNCC1. The Morgan fingerprint density at radius 2 is 0.698 bits per heavy atom. The minimum absolute atomic E-state index is 0.0202. The van der Waals surface area contributed by atoms with Crippen molar-refractivity contribution in [1.82, 2.24) is 35.6 Å². The molecule has 0 aromatic heterocycles. The van der Waals surface area contributed by atoms with Gasteiger partial charge in [-0.3, -0.25) is 0 Å². The van der Waals surface area contributed by atoms with Crippen molar-refractivity contribution in [2.75, 3.05) is 113 Å². The van der Waals surface area contributed by atoms with Gasteiger partial charge in [0.1, 0.15) is 5.75 Å². The van der Waals surface area contributed by atoms with E-state index >= 15 is 0 Å². The zero-order chi connectivity index (χ0) is 103. The van der Waals surface area contributed by atoms with Crippen molar-refractivity contribution < 1.29 is 49.4 Å². The Balaban J connectivity index is 0.000000182. The van der Waals surface area contributed by atoms with Crippen molar-refractivity contribution in [3.63, 3.8) is 0 Å². The van der Waals surface area contributed by atoms with Gasteiger partial charge in [-0.15, -0.1) is 0 Å². The van der Waals surface area contributed by atoms with E-state index in [0.717, 1.165) is 126 Å². The maximum absolute atomic E-state index is 13.4. The standard InChI is InChI=1S/C19H29N.C18H26F3NO.C18H26F3N.C17H24F3N.C17H27N.C16H25NO.C16H25N/c1-19(2,3)16-10-8-14(9-11-16)15-12-17-6-5-7-18(13-15)20(17)4;1-17(2,3)15-6-4-13(5-7-15)14-8-10-22(11-9-14)12-16(23)18(19,20)21;1-17(2,3)16-6-4-14(5-7-16)15-8-11-22(12-9-15)13-10-18(19,20)21;1-16(2,3)13-5-6-14(15(11-13)17(18,19)20)12-7-9-21(4)10-8-12;1-16(2,3)14-8-6-13(7-9-14)15-10-11-18-12-17(15,4)5;1-16(2,3)13-5-6-14(15(11-13)18-4)12-7-9-17-10-8-12;1-16(2,3)15-8-6-14(7-9-15)13-5-4-11-17-12-10-13/h8-11,15,17-18H,5-7,12-13H2,1-4H3;4-7,14,16,23H,8-12H2,1-3H3;4-7,15H,8-13H2,1-3H3;5-6,11-12H,7-10H2,1-4H3;6-9,15,18H,10-12H2,1-5H3;5-6,11-12,17H,7-10H2,1-4H3;6-9,13,17H,4-5,10-12H2,1-3H3/t15?,17-,18+;;;;;;. The predicted molar refractivity (Wildman–Crippen MR) is 566 cm³/mol. The van der Waals surface area contributed by atoms with Crippen LogP contribution in [0.3, 0.4) is 0 Å². The molecule has 0 spiro atoms. The van der Waals surface area contributed by atoms with Crippen LogP contribution in [0.4, 0.5) is 39.5 Å². The second-order valence-corrected chi connectivity index (χ2v) is 49.8. The van der Waals surface area contributed by atoms with Gasteiger partial charge >= 0.3 is 18.5 Å². The fourth-order valence-corrected chi connectivity index (χ4v) is 21.4. The van der Waals surface area contributed by atoms with Gasteiger partial charge in [-0.1, -0.05) is 311 Å². The zero-order valence-electron chi connectivity index (χ0n) is 90.5. The van der Waals surface area contributed by atoms with Gasteiger partial charge in [0.05, 0.1) is 19.1 Å². The molecule has 8 saturated heterocycles. The number of nitrogens with one attached hydrogen (secondary N) is 3. The lowest BCUT2D eigenvalue weighted by atomic mass is 9.71. The molecule has 18 heteroatoms. The normalized spacial score (nSPS) is 21.7. The molecule has 7 aromatic carbocycles. The lowest BCUT2D eigenvalue weighted by Gasteiger charge is -2.47. The van der Waals surface area contributed by atoms with E-state index in [1.165, 1.54) is 151 Å². The third-order valence-electron chi connectivity index (χ3n) is 31.2. The molecular formula is C121H182F9N7O2. The molecule has 0 aliphatic carbocycles. The van der Waals surface area contributed by atoms with E-state index in [2.05, 4.69) is 311 Å². The third-order valence-corrected chi connectivity index (χ3v) is 31.2. The summed E-state index contributed by atoms with van der Waals surface area (Å²) >= 11 is 0. The summed E-state index contributed by atoms with van der Waals surface area (Å²) in [7, 11) is 6.14. The molecular weight excluding hydrogens is 1750 g/mol. The number of likely N-dealkylation sites (tertiary alicyclic amines) is 3. The number of hydrogen-bond donors (Lipinski definition) is 4. The first-order valence-corrected chi connectivity index (χ1v) is 52.9. The van der Waals surface area contributed by atoms with Gasteiger partial charge in [0, 0.05) is 31.7 Å². The molecule has 0 amide bonds. The molecule has 0 radical (unpaired) electrons. The fraction of sp³-hybridized carbons (Fsp3) is 0.653. The summed E-state index contributed by atoms with van der Waals surface area (Å²) in [6.45, 7) is 62.1. The smallest absolute Gasteiger partial charge is 0.416 e. The molecule has 0 saturated carbocycles. The maximum Gasteiger partial charge on any atom is 0.416 e. The molecule has 139 heavy (non-hydrogen) atoms. The zero-order valence-corrected chi connectivity index (χ0v) is 90.5. The maximum atomic E-state index is 13.4. The first kappa shape index (κ1) is 116. The van der Waals surface area contributed by atoms with Gasteiger partial charge in [-0.25, -0.2) is 0 Å². The number of halogens is 9. The molecule has 776 valence electrons. The predicted octanol–water partition coefficient (Wildman–Crippen LogP) is 30.1. The molecule has 8 aliphatic rings. The van der Waals surface area contributed by atoms with Crippen molar-refractivity contribution >= 4 is 0 Å². The molecule has 9 nitrogen and oxygen atoms in total. The van der Waals surface area contributed by atoms with Crippen molar-refractivity contribution in [2.24, 2.45) is 5.41 Å². The molecule has 6 atom stereocenters.